The van der Waals surface area contributed by atoms with Gasteiger partial charge in [0.2, 0.25) is 5.76 Å². The van der Waals surface area contributed by atoms with E-state index < -0.39 is 11.9 Å². The van der Waals surface area contributed by atoms with Crippen molar-refractivity contribution in [2.45, 2.75) is 0 Å². The van der Waals surface area contributed by atoms with Crippen molar-refractivity contribution in [3.8, 4) is 0 Å². The van der Waals surface area contributed by atoms with Crippen molar-refractivity contribution in [1.29, 1.82) is 0 Å². The van der Waals surface area contributed by atoms with Crippen molar-refractivity contribution in [3.05, 3.63) is 50.4 Å². The molecule has 0 bridgehead atoms. The highest BCUT2D eigenvalue weighted by Crippen LogP contribution is 2.15. The molecule has 1 heterocycles. The van der Waals surface area contributed by atoms with Crippen molar-refractivity contribution in [1.82, 2.24) is 0 Å². The van der Waals surface area contributed by atoms with Crippen LogP contribution in [0.15, 0.2) is 45.5 Å². The normalized spacial score (nSPS) is 10.1. The zero-order chi connectivity index (χ0) is 14.5. The molecule has 0 spiro atoms. The smallest absolute Gasteiger partial charge is 0.374 e. The summed E-state index contributed by atoms with van der Waals surface area (Å²) < 4.78 is 11.3. The van der Waals surface area contributed by atoms with E-state index in [0.29, 0.717) is 10.4 Å². The van der Waals surface area contributed by atoms with Gasteiger partial charge in [0.25, 0.3) is 5.91 Å². The van der Waals surface area contributed by atoms with Gasteiger partial charge in [-0.05, 0) is 74.9 Å². The van der Waals surface area contributed by atoms with E-state index in [2.05, 4.69) is 43.8 Å². The monoisotopic (exact) mass is 449 g/mol. The number of hydrogen-bond acceptors (Lipinski definition) is 4. The summed E-state index contributed by atoms with van der Waals surface area (Å²) in [6, 6.07) is 10.3. The van der Waals surface area contributed by atoms with Crippen LogP contribution in [0.5, 0.6) is 0 Å². The lowest BCUT2D eigenvalue weighted by molar-refractivity contribution is -0.119. The Hall–Kier alpha value is -1.35. The standard InChI is InChI=1S/C13H9BrINO4/c14-11-6-5-10(20-11)13(18)19-7-12(17)16-9-3-1-8(15)2-4-9/h1-6H,7H2,(H,16,17). The molecule has 2 aromatic rings. The summed E-state index contributed by atoms with van der Waals surface area (Å²) in [6.07, 6.45) is 0. The summed E-state index contributed by atoms with van der Waals surface area (Å²) in [5, 5.41) is 2.62. The second-order valence-electron chi connectivity index (χ2n) is 3.73. The van der Waals surface area contributed by atoms with Gasteiger partial charge in [-0.15, -0.1) is 0 Å². The van der Waals surface area contributed by atoms with Gasteiger partial charge in [-0.2, -0.15) is 0 Å². The van der Waals surface area contributed by atoms with E-state index in [-0.39, 0.29) is 12.4 Å². The first-order valence-electron chi connectivity index (χ1n) is 5.52. The van der Waals surface area contributed by atoms with Gasteiger partial charge < -0.3 is 14.5 Å². The van der Waals surface area contributed by atoms with E-state index >= 15 is 0 Å². The molecule has 1 amide bonds. The van der Waals surface area contributed by atoms with Crippen LogP contribution < -0.4 is 5.32 Å². The van der Waals surface area contributed by atoms with Gasteiger partial charge in [0, 0.05) is 9.26 Å². The van der Waals surface area contributed by atoms with Crippen molar-refractivity contribution < 1.29 is 18.7 Å². The minimum absolute atomic E-state index is 0.0407. The molecule has 0 unspecified atom stereocenters. The second-order valence-corrected chi connectivity index (χ2v) is 5.76. The Morgan fingerprint density at radius 1 is 1.20 bits per heavy atom. The molecule has 5 nitrogen and oxygen atoms in total. The number of halogens is 2. The molecule has 0 fully saturated rings. The molecule has 104 valence electrons. The highest BCUT2D eigenvalue weighted by atomic mass is 127. The fraction of sp³-hybridized carbons (Fsp3) is 0.0769. The van der Waals surface area contributed by atoms with Gasteiger partial charge in [0.05, 0.1) is 0 Å². The highest BCUT2D eigenvalue weighted by molar-refractivity contribution is 14.1. The lowest BCUT2D eigenvalue weighted by Crippen LogP contribution is -2.20. The molecule has 1 aromatic carbocycles. The number of rotatable bonds is 4. The Morgan fingerprint density at radius 3 is 2.50 bits per heavy atom. The number of carbonyl (C=O) groups excluding carboxylic acids is 2. The highest BCUT2D eigenvalue weighted by Gasteiger charge is 2.14. The zero-order valence-corrected chi connectivity index (χ0v) is 13.8. The fourth-order valence-electron chi connectivity index (χ4n) is 1.36. The van der Waals surface area contributed by atoms with E-state index in [4.69, 9.17) is 9.15 Å². The first-order chi connectivity index (χ1) is 9.54. The van der Waals surface area contributed by atoms with Crippen LogP contribution in [-0.2, 0) is 9.53 Å². The van der Waals surface area contributed by atoms with E-state index in [0.717, 1.165) is 3.57 Å². The molecule has 0 saturated heterocycles. The van der Waals surface area contributed by atoms with Gasteiger partial charge in [0.1, 0.15) is 0 Å². The minimum atomic E-state index is -0.687. The molecule has 1 N–H and O–H groups in total. The zero-order valence-electron chi connectivity index (χ0n) is 10.1. The quantitative estimate of drug-likeness (QED) is 0.573. The second kappa shape index (κ2) is 6.89. The molecular weight excluding hydrogens is 441 g/mol. The molecule has 0 saturated carbocycles. The van der Waals surface area contributed by atoms with Crippen LogP contribution in [0.1, 0.15) is 10.6 Å². The van der Waals surface area contributed by atoms with Gasteiger partial charge in [-0.25, -0.2) is 4.79 Å². The SMILES string of the molecule is O=C(COC(=O)c1ccc(Br)o1)Nc1ccc(I)cc1. The Bertz CT molecular complexity index is 624. The maximum absolute atomic E-state index is 11.6. The molecule has 2 rings (SSSR count). The Kier molecular flexibility index (Phi) is 5.18. The van der Waals surface area contributed by atoms with Gasteiger partial charge >= 0.3 is 5.97 Å². The third-order valence-corrected chi connectivity index (χ3v) is 3.38. The maximum atomic E-state index is 11.6. The minimum Gasteiger partial charge on any atom is -0.450 e. The Morgan fingerprint density at radius 2 is 1.90 bits per heavy atom. The number of benzene rings is 1. The topological polar surface area (TPSA) is 68.5 Å². The van der Waals surface area contributed by atoms with Crippen LogP contribution >= 0.6 is 38.5 Å². The first-order valence-corrected chi connectivity index (χ1v) is 7.39. The van der Waals surface area contributed by atoms with E-state index in [9.17, 15) is 9.59 Å². The average Bonchev–Trinajstić information content (AvgIpc) is 2.85. The summed E-state index contributed by atoms with van der Waals surface area (Å²) >= 11 is 5.24. The summed E-state index contributed by atoms with van der Waals surface area (Å²) in [6.45, 7) is -0.372. The van der Waals surface area contributed by atoms with Crippen LogP contribution in [0.2, 0.25) is 0 Å². The number of furan rings is 1. The molecule has 1 aromatic heterocycles. The lowest BCUT2D eigenvalue weighted by atomic mass is 10.3. The molecule has 0 aliphatic carbocycles. The summed E-state index contributed by atoms with van der Waals surface area (Å²) in [5.41, 5.74) is 0.646. The molecule has 0 aliphatic rings. The molecule has 0 aliphatic heterocycles. The Labute approximate surface area is 136 Å². The van der Waals surface area contributed by atoms with Gasteiger partial charge in [-0.1, -0.05) is 0 Å². The predicted molar refractivity (Wildman–Crippen MR) is 84.5 cm³/mol. The molecule has 0 radical (unpaired) electrons. The summed E-state index contributed by atoms with van der Waals surface area (Å²) in [4.78, 5) is 23.2. The largest absolute Gasteiger partial charge is 0.450 e. The number of amides is 1. The number of esters is 1. The van der Waals surface area contributed by atoms with Crippen LogP contribution in [0.4, 0.5) is 5.69 Å². The van der Waals surface area contributed by atoms with Gasteiger partial charge in [-0.3, -0.25) is 4.79 Å². The average molecular weight is 450 g/mol. The first kappa shape index (κ1) is 15.0. The molecular formula is C13H9BrINO4. The van der Waals surface area contributed by atoms with E-state index in [1.807, 2.05) is 12.1 Å². The lowest BCUT2D eigenvalue weighted by Gasteiger charge is -2.05. The van der Waals surface area contributed by atoms with Crippen LogP contribution in [0.25, 0.3) is 0 Å². The van der Waals surface area contributed by atoms with Crippen molar-refractivity contribution in [2.24, 2.45) is 0 Å². The van der Waals surface area contributed by atoms with E-state index in [1.54, 1.807) is 18.2 Å². The van der Waals surface area contributed by atoms with Crippen molar-refractivity contribution in [2.75, 3.05) is 11.9 Å². The van der Waals surface area contributed by atoms with Gasteiger partial charge in [0.15, 0.2) is 11.3 Å². The number of nitrogens with one attached hydrogen (secondary N) is 1. The third kappa shape index (κ3) is 4.34. The van der Waals surface area contributed by atoms with Crippen LogP contribution in [-0.4, -0.2) is 18.5 Å². The maximum Gasteiger partial charge on any atom is 0.374 e. The third-order valence-electron chi connectivity index (χ3n) is 2.24. The van der Waals surface area contributed by atoms with Crippen molar-refractivity contribution in [3.63, 3.8) is 0 Å². The van der Waals surface area contributed by atoms with Crippen LogP contribution in [0, 0.1) is 3.57 Å². The molecule has 7 heteroatoms. The Balaban J connectivity index is 1.83. The molecule has 20 heavy (non-hydrogen) atoms. The summed E-state index contributed by atoms with van der Waals surface area (Å²) in [5.74, 6) is -1.06. The number of carbonyl (C=O) groups is 2. The van der Waals surface area contributed by atoms with E-state index in [1.165, 1.54) is 6.07 Å². The number of anilines is 1. The predicted octanol–water partition coefficient (Wildman–Crippen LogP) is 3.44. The fourth-order valence-corrected chi connectivity index (χ4v) is 2.02. The van der Waals surface area contributed by atoms with Crippen molar-refractivity contribution >= 4 is 56.1 Å². The molecule has 0 atom stereocenters. The number of hydrogen-bond donors (Lipinski definition) is 1. The van der Waals surface area contributed by atoms with Crippen LogP contribution in [0.3, 0.4) is 0 Å². The number of ether oxygens (including phenoxy) is 1. The summed E-state index contributed by atoms with van der Waals surface area (Å²) in [7, 11) is 0.